The quantitative estimate of drug-likeness (QED) is 0.280. The van der Waals surface area contributed by atoms with Gasteiger partial charge in [0, 0.05) is 12.1 Å². The van der Waals surface area contributed by atoms with Crippen LogP contribution in [0.25, 0.3) is 0 Å². The Morgan fingerprint density at radius 3 is 2.13 bits per heavy atom. The van der Waals surface area contributed by atoms with E-state index in [1.165, 1.54) is 0 Å². The summed E-state index contributed by atoms with van der Waals surface area (Å²) < 4.78 is 16.0. The number of ether oxygens (including phenoxy) is 2. The second-order valence-corrected chi connectivity index (χ2v) is 16.1. The van der Waals surface area contributed by atoms with E-state index in [1.54, 1.807) is 6.92 Å². The third-order valence-electron chi connectivity index (χ3n) is 2.71. The van der Waals surface area contributed by atoms with Crippen LogP contribution in [0.1, 0.15) is 13.3 Å². The molecule has 0 bridgehead atoms. The van der Waals surface area contributed by atoms with E-state index in [9.17, 15) is 9.59 Å². The molecule has 0 radical (unpaired) electrons. The number of hydrogen-bond donors (Lipinski definition) is 1. The number of hydrogen-bond acceptors (Lipinski definition) is 5. The van der Waals surface area contributed by atoms with Crippen LogP contribution >= 0.6 is 0 Å². The van der Waals surface area contributed by atoms with E-state index < -0.39 is 28.7 Å². The lowest BCUT2D eigenvalue weighted by Gasteiger charge is -2.31. The highest BCUT2D eigenvalue weighted by Gasteiger charge is 2.28. The summed E-state index contributed by atoms with van der Waals surface area (Å²) in [5, 5.41) is 2.69. The van der Waals surface area contributed by atoms with Crippen LogP contribution in [0.15, 0.2) is 12.2 Å². The van der Waals surface area contributed by atoms with E-state index in [2.05, 4.69) is 44.6 Å². The molecule has 1 N–H and O–H groups in total. The van der Waals surface area contributed by atoms with Crippen LogP contribution in [0, 0.1) is 0 Å². The van der Waals surface area contributed by atoms with E-state index in [-0.39, 0.29) is 13.2 Å². The van der Waals surface area contributed by atoms with E-state index in [4.69, 9.17) is 13.6 Å². The van der Waals surface area contributed by atoms with Gasteiger partial charge in [-0.3, -0.25) is 0 Å². The summed E-state index contributed by atoms with van der Waals surface area (Å²) in [6, 6.07) is 0.994. The number of alkyl carbamates (subject to hydrolysis) is 1. The van der Waals surface area contributed by atoms with Crippen molar-refractivity contribution in [3.8, 4) is 0 Å². The fourth-order valence-electron chi connectivity index (χ4n) is 2.03. The average Bonchev–Trinajstić information content (AvgIpc) is 2.36. The summed E-state index contributed by atoms with van der Waals surface area (Å²) in [5.74, 6) is -0.483. The van der Waals surface area contributed by atoms with Gasteiger partial charge >= 0.3 is 12.1 Å². The lowest BCUT2D eigenvalue weighted by molar-refractivity contribution is -0.139. The van der Waals surface area contributed by atoms with Crippen LogP contribution in [-0.4, -0.2) is 48.5 Å². The molecule has 0 saturated carbocycles. The molecule has 1 amide bonds. The van der Waals surface area contributed by atoms with Crippen LogP contribution < -0.4 is 5.32 Å². The van der Waals surface area contributed by atoms with Gasteiger partial charge in [0.2, 0.25) is 0 Å². The second kappa shape index (κ2) is 9.89. The Kier molecular flexibility index (Phi) is 9.40. The minimum atomic E-state index is -1.66. The average molecular weight is 362 g/mol. The Morgan fingerprint density at radius 2 is 1.61 bits per heavy atom. The maximum absolute atomic E-state index is 11.5. The molecule has 8 heteroatoms. The van der Waals surface area contributed by atoms with Gasteiger partial charge in [-0.2, -0.15) is 0 Å². The summed E-state index contributed by atoms with van der Waals surface area (Å²) in [6.45, 7) is 16.6. The van der Waals surface area contributed by atoms with Crippen molar-refractivity contribution in [1.29, 1.82) is 0 Å². The molecule has 0 aromatic carbocycles. The zero-order valence-electron chi connectivity index (χ0n) is 15.3. The topological polar surface area (TPSA) is 73.9 Å². The van der Waals surface area contributed by atoms with Crippen LogP contribution in [0.2, 0.25) is 38.8 Å². The summed E-state index contributed by atoms with van der Waals surface area (Å²) in [5.41, 5.74) is 0.321. The van der Waals surface area contributed by atoms with E-state index in [1.807, 2.05) is 0 Å². The van der Waals surface area contributed by atoms with Gasteiger partial charge in [-0.05, 0) is 52.1 Å². The first-order chi connectivity index (χ1) is 10.4. The number of carbonyl (C=O) groups is 2. The van der Waals surface area contributed by atoms with Gasteiger partial charge in [-0.15, -0.1) is 0 Å². The summed E-state index contributed by atoms with van der Waals surface area (Å²) >= 11 is 0. The molecule has 134 valence electrons. The lowest BCUT2D eigenvalue weighted by atomic mass is 10.4. The lowest BCUT2D eigenvalue weighted by Crippen LogP contribution is -2.42. The van der Waals surface area contributed by atoms with Crippen molar-refractivity contribution in [3.05, 3.63) is 12.2 Å². The molecular formula is C15H31NO5Si2. The van der Waals surface area contributed by atoms with Crippen LogP contribution in [0.4, 0.5) is 4.79 Å². The zero-order chi connectivity index (χ0) is 18.1. The first kappa shape index (κ1) is 21.9. The summed E-state index contributed by atoms with van der Waals surface area (Å²) in [6.07, 6.45) is 0.366. The molecule has 0 aliphatic heterocycles. The molecule has 0 spiro atoms. The number of esters is 1. The molecule has 0 saturated heterocycles. The number of nitrogens with one attached hydrogen (secondary N) is 1. The Balaban J connectivity index is 3.75. The molecule has 0 aliphatic carbocycles. The molecule has 0 fully saturated rings. The molecule has 0 aliphatic rings. The van der Waals surface area contributed by atoms with Crippen molar-refractivity contribution in [3.63, 3.8) is 0 Å². The minimum absolute atomic E-state index is 0.0309. The van der Waals surface area contributed by atoms with E-state index in [0.717, 1.165) is 12.5 Å². The second-order valence-electron chi connectivity index (χ2n) is 7.06. The van der Waals surface area contributed by atoms with Crippen LogP contribution in [0.5, 0.6) is 0 Å². The Morgan fingerprint density at radius 1 is 1.04 bits per heavy atom. The van der Waals surface area contributed by atoms with Crippen molar-refractivity contribution < 1.29 is 23.2 Å². The van der Waals surface area contributed by atoms with Gasteiger partial charge in [0.15, 0.2) is 16.6 Å². The van der Waals surface area contributed by atoms with Crippen molar-refractivity contribution in [2.24, 2.45) is 0 Å². The van der Waals surface area contributed by atoms with Crippen molar-refractivity contribution in [1.82, 2.24) is 5.32 Å². The standard InChI is InChI=1S/C15H31NO5Si2/c1-13(2)14(17)19-10-11-20-15(18)16-9-8-12-23(6,7)21-22(3,4)5/h1,8-12H2,2-7H3,(H,16,18). The third kappa shape index (κ3) is 13.0. The van der Waals surface area contributed by atoms with Crippen LogP contribution in [-0.2, 0) is 18.4 Å². The Bertz CT molecular complexity index is 419. The maximum atomic E-state index is 11.5. The molecule has 23 heavy (non-hydrogen) atoms. The van der Waals surface area contributed by atoms with Crippen LogP contribution in [0.3, 0.4) is 0 Å². The molecule has 0 aromatic rings. The highest BCUT2D eigenvalue weighted by Crippen LogP contribution is 2.19. The molecule has 0 unspecified atom stereocenters. The molecule has 0 heterocycles. The predicted molar refractivity (Wildman–Crippen MR) is 96.5 cm³/mol. The van der Waals surface area contributed by atoms with Crippen molar-refractivity contribution >= 4 is 28.7 Å². The molecule has 6 nitrogen and oxygen atoms in total. The van der Waals surface area contributed by atoms with Crippen molar-refractivity contribution in [2.45, 2.75) is 52.1 Å². The number of rotatable bonds is 10. The minimum Gasteiger partial charge on any atom is -0.459 e. The molecule has 0 rings (SSSR count). The molecule has 0 atom stereocenters. The van der Waals surface area contributed by atoms with Gasteiger partial charge in [-0.1, -0.05) is 6.58 Å². The smallest absolute Gasteiger partial charge is 0.407 e. The van der Waals surface area contributed by atoms with Gasteiger partial charge in [-0.25, -0.2) is 9.59 Å². The van der Waals surface area contributed by atoms with Gasteiger partial charge < -0.3 is 18.9 Å². The highest BCUT2D eigenvalue weighted by atomic mass is 28.4. The van der Waals surface area contributed by atoms with Gasteiger partial charge in [0.25, 0.3) is 0 Å². The number of amides is 1. The van der Waals surface area contributed by atoms with E-state index >= 15 is 0 Å². The summed E-state index contributed by atoms with van der Waals surface area (Å²) in [7, 11) is -3.17. The van der Waals surface area contributed by atoms with E-state index in [0.29, 0.717) is 12.1 Å². The third-order valence-corrected chi connectivity index (χ3v) is 8.92. The molecular weight excluding hydrogens is 330 g/mol. The SMILES string of the molecule is C=C(C)C(=O)OCCOC(=O)NCCC[Si](C)(C)O[Si](C)(C)C. The van der Waals surface area contributed by atoms with Gasteiger partial charge in [0.05, 0.1) is 0 Å². The molecule has 0 aromatic heterocycles. The fraction of sp³-hybridized carbons (Fsp3) is 0.733. The van der Waals surface area contributed by atoms with Gasteiger partial charge in [0.1, 0.15) is 13.2 Å². The first-order valence-electron chi connectivity index (χ1n) is 7.86. The predicted octanol–water partition coefficient (Wildman–Crippen LogP) is 3.28. The normalized spacial score (nSPS) is 11.7. The maximum Gasteiger partial charge on any atom is 0.407 e. The monoisotopic (exact) mass is 361 g/mol. The Hall–Kier alpha value is -1.13. The zero-order valence-corrected chi connectivity index (χ0v) is 17.3. The Labute approximate surface area is 141 Å². The highest BCUT2D eigenvalue weighted by molar-refractivity contribution is 6.84. The first-order valence-corrected chi connectivity index (χ1v) is 14.4. The largest absolute Gasteiger partial charge is 0.459 e. The van der Waals surface area contributed by atoms with Crippen molar-refractivity contribution in [2.75, 3.05) is 19.8 Å². The fourth-order valence-corrected chi connectivity index (χ4v) is 10.1. The number of carbonyl (C=O) groups excluding carboxylic acids is 2. The summed E-state index contributed by atoms with van der Waals surface area (Å²) in [4.78, 5) is 22.6.